The van der Waals surface area contributed by atoms with Crippen LogP contribution in [0.2, 0.25) is 0 Å². The van der Waals surface area contributed by atoms with E-state index in [0.29, 0.717) is 5.56 Å². The van der Waals surface area contributed by atoms with E-state index < -0.39 is 35.1 Å². The number of Topliss-reactive ketones (excluding diaryl/α,β-unsaturated/α-hetero) is 1. The summed E-state index contributed by atoms with van der Waals surface area (Å²) in [6, 6.07) is 14.4. The van der Waals surface area contributed by atoms with E-state index in [9.17, 15) is 23.5 Å². The Labute approximate surface area is 185 Å². The summed E-state index contributed by atoms with van der Waals surface area (Å²) in [6.07, 6.45) is 0. The largest absolute Gasteiger partial charge is 0.507 e. The number of rotatable bonds is 3. The Morgan fingerprint density at radius 3 is 2.32 bits per heavy atom. The van der Waals surface area contributed by atoms with Gasteiger partial charge in [-0.2, -0.15) is 0 Å². The van der Waals surface area contributed by atoms with E-state index >= 15 is 0 Å². The molecule has 3 aromatic carbocycles. The molecule has 156 valence electrons. The summed E-state index contributed by atoms with van der Waals surface area (Å²) < 4.78 is 29.0. The van der Waals surface area contributed by atoms with E-state index in [1.807, 2.05) is 6.92 Å². The van der Waals surface area contributed by atoms with Crippen LogP contribution >= 0.6 is 15.9 Å². The number of carbonyl (C=O) groups is 2. The third-order valence-corrected chi connectivity index (χ3v) is 6.07. The second-order valence-corrected chi connectivity index (χ2v) is 7.99. The molecule has 0 spiro atoms. The minimum absolute atomic E-state index is 0.0430. The average Bonchev–Trinajstić information content (AvgIpc) is 3.01. The van der Waals surface area contributed by atoms with Crippen molar-refractivity contribution in [3.05, 3.63) is 105 Å². The van der Waals surface area contributed by atoms with Gasteiger partial charge in [-0.1, -0.05) is 40.2 Å². The third-order valence-electron chi connectivity index (χ3n) is 5.18. The molecule has 7 heteroatoms. The third kappa shape index (κ3) is 3.65. The number of nitrogens with zero attached hydrogens (tertiary/aromatic N) is 1. The van der Waals surface area contributed by atoms with Crippen LogP contribution in [0.5, 0.6) is 0 Å². The first-order valence-electron chi connectivity index (χ1n) is 9.37. The van der Waals surface area contributed by atoms with Crippen molar-refractivity contribution in [1.82, 2.24) is 0 Å². The molecule has 0 aliphatic carbocycles. The summed E-state index contributed by atoms with van der Waals surface area (Å²) in [7, 11) is 0. The molecule has 3 aromatic rings. The number of halogens is 3. The molecule has 4 rings (SSSR count). The van der Waals surface area contributed by atoms with Gasteiger partial charge in [0.2, 0.25) is 0 Å². The smallest absolute Gasteiger partial charge is 0.300 e. The number of hydrogen-bond acceptors (Lipinski definition) is 3. The lowest BCUT2D eigenvalue weighted by Crippen LogP contribution is -2.29. The Kier molecular flexibility index (Phi) is 5.45. The highest BCUT2D eigenvalue weighted by atomic mass is 79.9. The maximum atomic E-state index is 14.8. The molecule has 1 saturated heterocycles. The van der Waals surface area contributed by atoms with Crippen LogP contribution in [0, 0.1) is 18.6 Å². The summed E-state index contributed by atoms with van der Waals surface area (Å²) >= 11 is 3.38. The maximum Gasteiger partial charge on any atom is 0.300 e. The predicted molar refractivity (Wildman–Crippen MR) is 116 cm³/mol. The quantitative estimate of drug-likeness (QED) is 0.297. The van der Waals surface area contributed by atoms with E-state index in [4.69, 9.17) is 0 Å². The molecule has 1 aliphatic heterocycles. The van der Waals surface area contributed by atoms with Gasteiger partial charge in [0.25, 0.3) is 11.7 Å². The van der Waals surface area contributed by atoms with Crippen LogP contribution in [0.4, 0.5) is 14.5 Å². The van der Waals surface area contributed by atoms with Crippen molar-refractivity contribution in [2.75, 3.05) is 4.90 Å². The van der Waals surface area contributed by atoms with Crippen molar-refractivity contribution in [3.8, 4) is 0 Å². The summed E-state index contributed by atoms with van der Waals surface area (Å²) in [5.74, 6) is -3.45. The number of aliphatic hydroxyl groups excluding tert-OH is 1. The number of carbonyl (C=O) groups excluding carboxylic acids is 2. The van der Waals surface area contributed by atoms with Crippen molar-refractivity contribution in [3.63, 3.8) is 0 Å². The van der Waals surface area contributed by atoms with Crippen LogP contribution in [-0.2, 0) is 9.59 Å². The summed E-state index contributed by atoms with van der Waals surface area (Å²) in [6.45, 7) is 1.81. The molecule has 4 nitrogen and oxygen atoms in total. The zero-order valence-electron chi connectivity index (χ0n) is 16.3. The van der Waals surface area contributed by atoms with Crippen LogP contribution in [0.3, 0.4) is 0 Å². The molecule has 0 bridgehead atoms. The van der Waals surface area contributed by atoms with E-state index in [1.54, 1.807) is 24.3 Å². The molecule has 0 saturated carbocycles. The Morgan fingerprint density at radius 2 is 1.68 bits per heavy atom. The first kappa shape index (κ1) is 20.9. The molecule has 1 N–H and O–H groups in total. The number of ketones is 1. The molecule has 0 radical (unpaired) electrons. The van der Waals surface area contributed by atoms with Gasteiger partial charge >= 0.3 is 0 Å². The number of anilines is 1. The molecule has 1 amide bonds. The highest BCUT2D eigenvalue weighted by molar-refractivity contribution is 9.10. The molecular formula is C24H16BrF2NO3. The molecule has 0 aromatic heterocycles. The van der Waals surface area contributed by atoms with Crippen molar-refractivity contribution in [2.24, 2.45) is 0 Å². The number of amides is 1. The molecule has 1 unspecified atom stereocenters. The fourth-order valence-corrected chi connectivity index (χ4v) is 3.89. The summed E-state index contributed by atoms with van der Waals surface area (Å²) in [5, 5.41) is 11.0. The average molecular weight is 484 g/mol. The van der Waals surface area contributed by atoms with Crippen molar-refractivity contribution < 1.29 is 23.5 Å². The van der Waals surface area contributed by atoms with Crippen molar-refractivity contribution in [2.45, 2.75) is 13.0 Å². The Hall–Kier alpha value is -3.32. The SMILES string of the molecule is Cc1cc(/C(O)=C2\C(=O)C(=O)N(c3ccc(F)cc3)C2c2ccccc2F)ccc1Br. The van der Waals surface area contributed by atoms with E-state index in [1.165, 1.54) is 30.3 Å². The maximum absolute atomic E-state index is 14.8. The first-order valence-corrected chi connectivity index (χ1v) is 10.2. The Balaban J connectivity index is 1.97. The van der Waals surface area contributed by atoms with Gasteiger partial charge in [0, 0.05) is 21.3 Å². The Morgan fingerprint density at radius 1 is 1.00 bits per heavy atom. The zero-order valence-corrected chi connectivity index (χ0v) is 17.9. The molecule has 1 atom stereocenters. The monoisotopic (exact) mass is 483 g/mol. The number of benzene rings is 3. The van der Waals surface area contributed by atoms with Gasteiger partial charge in [0.15, 0.2) is 0 Å². The standard InChI is InChI=1S/C24H16BrF2NO3/c1-13-12-14(6-11-18(13)25)22(29)20-21(17-4-2-3-5-19(17)27)28(24(31)23(20)30)16-9-7-15(26)8-10-16/h2-12,21,29H,1H3/b22-20+. The van der Waals surface area contributed by atoms with Gasteiger partial charge < -0.3 is 5.11 Å². The topological polar surface area (TPSA) is 57.6 Å². The van der Waals surface area contributed by atoms with Crippen LogP contribution in [-0.4, -0.2) is 16.8 Å². The van der Waals surface area contributed by atoms with Gasteiger partial charge in [-0.15, -0.1) is 0 Å². The van der Waals surface area contributed by atoms with Crippen LogP contribution < -0.4 is 4.90 Å². The number of aliphatic hydroxyl groups is 1. The van der Waals surface area contributed by atoms with Crippen LogP contribution in [0.1, 0.15) is 22.7 Å². The van der Waals surface area contributed by atoms with Crippen LogP contribution in [0.15, 0.2) is 76.8 Å². The second-order valence-electron chi connectivity index (χ2n) is 7.13. The van der Waals surface area contributed by atoms with Crippen LogP contribution in [0.25, 0.3) is 5.76 Å². The van der Waals surface area contributed by atoms with E-state index in [2.05, 4.69) is 15.9 Å². The predicted octanol–water partition coefficient (Wildman–Crippen LogP) is 5.66. The van der Waals surface area contributed by atoms with Gasteiger partial charge in [-0.25, -0.2) is 8.78 Å². The van der Waals surface area contributed by atoms with E-state index in [0.717, 1.165) is 27.1 Å². The minimum Gasteiger partial charge on any atom is -0.507 e. The molecule has 1 heterocycles. The lowest BCUT2D eigenvalue weighted by Gasteiger charge is -2.25. The highest BCUT2D eigenvalue weighted by Crippen LogP contribution is 2.43. The normalized spacial score (nSPS) is 17.9. The van der Waals surface area contributed by atoms with Crippen molar-refractivity contribution in [1.29, 1.82) is 0 Å². The molecule has 1 fully saturated rings. The highest BCUT2D eigenvalue weighted by Gasteiger charge is 2.47. The number of aryl methyl sites for hydroxylation is 1. The lowest BCUT2D eigenvalue weighted by molar-refractivity contribution is -0.132. The van der Waals surface area contributed by atoms with Gasteiger partial charge in [-0.3, -0.25) is 14.5 Å². The second kappa shape index (κ2) is 8.07. The van der Waals surface area contributed by atoms with Gasteiger partial charge in [0.1, 0.15) is 17.4 Å². The van der Waals surface area contributed by atoms with E-state index in [-0.39, 0.29) is 16.8 Å². The van der Waals surface area contributed by atoms with Crippen molar-refractivity contribution >= 4 is 39.1 Å². The fraction of sp³-hybridized carbons (Fsp3) is 0.0833. The minimum atomic E-state index is -1.21. The van der Waals surface area contributed by atoms with Gasteiger partial charge in [0.05, 0.1) is 11.6 Å². The fourth-order valence-electron chi connectivity index (χ4n) is 3.64. The zero-order chi connectivity index (χ0) is 22.3. The molecule has 31 heavy (non-hydrogen) atoms. The number of hydrogen-bond donors (Lipinski definition) is 1. The molecular weight excluding hydrogens is 468 g/mol. The summed E-state index contributed by atoms with van der Waals surface area (Å²) in [4.78, 5) is 27.0. The Bertz CT molecular complexity index is 1240. The van der Waals surface area contributed by atoms with Gasteiger partial charge in [-0.05, 0) is 55.0 Å². The lowest BCUT2D eigenvalue weighted by atomic mass is 9.94. The molecule has 1 aliphatic rings. The summed E-state index contributed by atoms with van der Waals surface area (Å²) in [5.41, 5.74) is 1.14. The first-order chi connectivity index (χ1) is 14.8.